The van der Waals surface area contributed by atoms with Crippen LogP contribution in [-0.4, -0.2) is 15.9 Å². The summed E-state index contributed by atoms with van der Waals surface area (Å²) >= 11 is 0. The molecule has 0 radical (unpaired) electrons. The first kappa shape index (κ1) is 10.2. The summed E-state index contributed by atoms with van der Waals surface area (Å²) in [6.45, 7) is 2.00. The van der Waals surface area contributed by atoms with E-state index in [1.54, 1.807) is 6.08 Å². The predicted octanol–water partition coefficient (Wildman–Crippen LogP) is 2.21. The number of carbonyl (C=O) groups excluding carboxylic acids is 1. The fraction of sp³-hybridized carbons (Fsp3) is 0.385. The van der Waals surface area contributed by atoms with E-state index in [4.69, 9.17) is 0 Å². The summed E-state index contributed by atoms with van der Waals surface area (Å²) in [6, 6.07) is 6.20. The summed E-state index contributed by atoms with van der Waals surface area (Å²) in [5.41, 5.74) is 2.91. The first-order chi connectivity index (χ1) is 8.16. The lowest BCUT2D eigenvalue weighted by molar-refractivity contribution is 0.556. The van der Waals surface area contributed by atoms with Crippen molar-refractivity contribution in [2.75, 3.05) is 0 Å². The number of hydrogen-bond donors (Lipinski definition) is 0. The van der Waals surface area contributed by atoms with Gasteiger partial charge in [-0.25, -0.2) is 4.79 Å². The van der Waals surface area contributed by atoms with Crippen LogP contribution in [0.3, 0.4) is 0 Å². The molecule has 1 heterocycles. The monoisotopic (exact) mass is 227 g/mol. The third kappa shape index (κ3) is 1.41. The molecule has 2 aromatic rings. The molecule has 0 N–H and O–H groups in total. The number of nitrogens with zero attached hydrogens (tertiary/aromatic N) is 3. The number of isocyanates is 1. The molecule has 1 aliphatic rings. The topological polar surface area (TPSA) is 47.2 Å². The lowest BCUT2D eigenvalue weighted by Crippen LogP contribution is -2.02. The fourth-order valence-corrected chi connectivity index (χ4v) is 2.40. The van der Waals surface area contributed by atoms with Gasteiger partial charge in [-0.3, -0.25) is 4.68 Å². The Morgan fingerprint density at radius 2 is 2.24 bits per heavy atom. The van der Waals surface area contributed by atoms with Crippen molar-refractivity contribution < 1.29 is 4.79 Å². The minimum absolute atomic E-state index is 0.298. The van der Waals surface area contributed by atoms with Crippen molar-refractivity contribution in [2.24, 2.45) is 12.0 Å². The van der Waals surface area contributed by atoms with Crippen LogP contribution in [0, 0.1) is 6.92 Å². The molecule has 1 fully saturated rings. The fourth-order valence-electron chi connectivity index (χ4n) is 2.40. The van der Waals surface area contributed by atoms with E-state index in [0.29, 0.717) is 0 Å². The maximum atomic E-state index is 10.5. The van der Waals surface area contributed by atoms with Crippen molar-refractivity contribution in [3.05, 3.63) is 29.5 Å². The molecule has 1 saturated carbocycles. The summed E-state index contributed by atoms with van der Waals surface area (Å²) in [5, 5.41) is 5.54. The van der Waals surface area contributed by atoms with Gasteiger partial charge in [0.15, 0.2) is 0 Å². The van der Waals surface area contributed by atoms with E-state index >= 15 is 0 Å². The molecule has 1 aromatic carbocycles. The van der Waals surface area contributed by atoms with Crippen molar-refractivity contribution in [1.29, 1.82) is 0 Å². The van der Waals surface area contributed by atoms with Crippen molar-refractivity contribution in [1.82, 2.24) is 9.78 Å². The molecule has 0 amide bonds. The normalized spacial score (nSPS) is 16.8. The third-order valence-electron chi connectivity index (χ3n) is 3.56. The molecule has 3 rings (SSSR count). The summed E-state index contributed by atoms with van der Waals surface area (Å²) in [4.78, 5) is 14.4. The standard InChI is InChI=1S/C13H13N3O/c1-9-11-4-3-10(7-12(11)16(2)15-9)13(5-6-13)14-8-17/h3-4,7H,5-6H2,1-2H3. The Hall–Kier alpha value is -1.93. The lowest BCUT2D eigenvalue weighted by Gasteiger charge is -2.08. The van der Waals surface area contributed by atoms with Gasteiger partial charge in [0.2, 0.25) is 6.08 Å². The zero-order valence-electron chi connectivity index (χ0n) is 9.90. The molecule has 4 nitrogen and oxygen atoms in total. The van der Waals surface area contributed by atoms with Gasteiger partial charge in [0.1, 0.15) is 0 Å². The molecule has 1 aliphatic carbocycles. The quantitative estimate of drug-likeness (QED) is 0.583. The van der Waals surface area contributed by atoms with Crippen LogP contribution in [0.15, 0.2) is 23.2 Å². The lowest BCUT2D eigenvalue weighted by atomic mass is 10.0. The number of benzene rings is 1. The Balaban J connectivity index is 2.20. The minimum atomic E-state index is -0.298. The van der Waals surface area contributed by atoms with E-state index in [0.717, 1.165) is 35.0 Å². The van der Waals surface area contributed by atoms with Crippen LogP contribution in [0.25, 0.3) is 10.9 Å². The summed E-state index contributed by atoms with van der Waals surface area (Å²) in [6.07, 6.45) is 3.56. The second-order valence-electron chi connectivity index (χ2n) is 4.68. The van der Waals surface area contributed by atoms with Gasteiger partial charge in [-0.2, -0.15) is 10.1 Å². The van der Waals surface area contributed by atoms with Gasteiger partial charge in [0.25, 0.3) is 0 Å². The maximum Gasteiger partial charge on any atom is 0.235 e. The molecular formula is C13H13N3O. The second-order valence-corrected chi connectivity index (χ2v) is 4.68. The van der Waals surface area contributed by atoms with E-state index in [1.165, 1.54) is 0 Å². The summed E-state index contributed by atoms with van der Waals surface area (Å²) < 4.78 is 1.87. The van der Waals surface area contributed by atoms with Crippen molar-refractivity contribution in [2.45, 2.75) is 25.3 Å². The van der Waals surface area contributed by atoms with E-state index in [2.05, 4.69) is 22.2 Å². The van der Waals surface area contributed by atoms with Gasteiger partial charge >= 0.3 is 0 Å². The second kappa shape index (κ2) is 3.28. The highest BCUT2D eigenvalue weighted by atomic mass is 16.1. The van der Waals surface area contributed by atoms with E-state index in [1.807, 2.05) is 24.7 Å². The van der Waals surface area contributed by atoms with Gasteiger partial charge in [-0.1, -0.05) is 12.1 Å². The number of hydrogen-bond acceptors (Lipinski definition) is 3. The highest BCUT2D eigenvalue weighted by molar-refractivity contribution is 5.82. The van der Waals surface area contributed by atoms with Gasteiger partial charge < -0.3 is 0 Å². The van der Waals surface area contributed by atoms with Crippen molar-refractivity contribution in [3.8, 4) is 0 Å². The Kier molecular flexibility index (Phi) is 1.98. The van der Waals surface area contributed by atoms with Crippen LogP contribution in [0.2, 0.25) is 0 Å². The van der Waals surface area contributed by atoms with Crippen molar-refractivity contribution >= 4 is 17.0 Å². The van der Waals surface area contributed by atoms with Crippen LogP contribution in [0.1, 0.15) is 24.1 Å². The largest absolute Gasteiger partial charge is 0.268 e. The molecule has 1 aromatic heterocycles. The number of aryl methyl sites for hydroxylation is 2. The van der Waals surface area contributed by atoms with Crippen LogP contribution < -0.4 is 0 Å². The number of rotatable bonds is 2. The van der Waals surface area contributed by atoms with Gasteiger partial charge in [-0.15, -0.1) is 0 Å². The average molecular weight is 227 g/mol. The molecular weight excluding hydrogens is 214 g/mol. The van der Waals surface area contributed by atoms with Crippen LogP contribution in [0.4, 0.5) is 0 Å². The summed E-state index contributed by atoms with van der Waals surface area (Å²) in [5.74, 6) is 0. The Labute approximate surface area is 99.0 Å². The highest BCUT2D eigenvalue weighted by Crippen LogP contribution is 2.49. The third-order valence-corrected chi connectivity index (χ3v) is 3.56. The molecule has 0 spiro atoms. The maximum absolute atomic E-state index is 10.5. The summed E-state index contributed by atoms with van der Waals surface area (Å²) in [7, 11) is 1.93. The molecule has 0 aliphatic heterocycles. The molecule has 17 heavy (non-hydrogen) atoms. The van der Waals surface area contributed by atoms with E-state index in [-0.39, 0.29) is 5.54 Å². The highest BCUT2D eigenvalue weighted by Gasteiger charge is 2.44. The molecule has 0 atom stereocenters. The number of aromatic nitrogens is 2. The molecule has 4 heteroatoms. The van der Waals surface area contributed by atoms with Crippen molar-refractivity contribution in [3.63, 3.8) is 0 Å². The zero-order valence-corrected chi connectivity index (χ0v) is 9.90. The molecule has 86 valence electrons. The van der Waals surface area contributed by atoms with Crippen LogP contribution in [-0.2, 0) is 17.4 Å². The zero-order chi connectivity index (χ0) is 12.0. The number of fused-ring (bicyclic) bond motifs is 1. The van der Waals surface area contributed by atoms with E-state index in [9.17, 15) is 4.79 Å². The van der Waals surface area contributed by atoms with Gasteiger partial charge in [-0.05, 0) is 31.4 Å². The van der Waals surface area contributed by atoms with Crippen LogP contribution >= 0.6 is 0 Å². The smallest absolute Gasteiger partial charge is 0.235 e. The molecule has 0 saturated heterocycles. The minimum Gasteiger partial charge on any atom is -0.268 e. The predicted molar refractivity (Wildman–Crippen MR) is 64.5 cm³/mol. The van der Waals surface area contributed by atoms with Gasteiger partial charge in [0, 0.05) is 12.4 Å². The first-order valence-corrected chi connectivity index (χ1v) is 5.69. The van der Waals surface area contributed by atoms with E-state index < -0.39 is 0 Å². The Morgan fingerprint density at radius 3 is 2.88 bits per heavy atom. The molecule has 0 unspecified atom stereocenters. The Morgan fingerprint density at radius 1 is 1.47 bits per heavy atom. The van der Waals surface area contributed by atoms with Crippen LogP contribution in [0.5, 0.6) is 0 Å². The number of aliphatic imine (C=N–C) groups is 1. The molecule has 0 bridgehead atoms. The SMILES string of the molecule is Cc1nn(C)c2cc(C3(N=C=O)CC3)ccc12. The average Bonchev–Trinajstić information content (AvgIpc) is 3.04. The Bertz CT molecular complexity index is 646. The first-order valence-electron chi connectivity index (χ1n) is 5.69. The van der Waals surface area contributed by atoms with Gasteiger partial charge in [0.05, 0.1) is 16.7 Å².